The number of anilines is 1. The van der Waals surface area contributed by atoms with Crippen LogP contribution in [0, 0.1) is 11.7 Å². The Morgan fingerprint density at radius 3 is 2.14 bits per heavy atom. The Labute approximate surface area is 393 Å². The number of rotatable bonds is 17. The molecule has 0 saturated carbocycles. The second kappa shape index (κ2) is 23.8. The number of halogens is 2. The number of benzene rings is 3. The average Bonchev–Trinajstić information content (AvgIpc) is 3.25. The third-order valence-electron chi connectivity index (χ3n) is 11.1. The molecule has 2 atom stereocenters. The first-order valence-electron chi connectivity index (χ1n) is 22.7. The van der Waals surface area contributed by atoms with Crippen molar-refractivity contribution in [3.8, 4) is 5.75 Å². The minimum absolute atomic E-state index is 0.0566. The van der Waals surface area contributed by atoms with E-state index in [0.29, 0.717) is 100 Å². The number of piperidine rings is 1. The minimum Gasteiger partial charge on any atom is -0.493 e. The number of piperazine rings is 1. The molecule has 15 nitrogen and oxygen atoms in total. The highest BCUT2D eigenvalue weighted by atomic mass is 35.5. The molecular formula is C49H66ClFN6O9. The Balaban J connectivity index is 1.22. The Bertz CT molecular complexity index is 2090. The van der Waals surface area contributed by atoms with Crippen molar-refractivity contribution in [3.05, 3.63) is 94.3 Å². The molecule has 3 N–H and O–H groups in total. The number of carbonyl (C=O) groups is 5. The monoisotopic (exact) mass is 936 g/mol. The molecule has 5 rings (SSSR count). The predicted molar refractivity (Wildman–Crippen MR) is 250 cm³/mol. The molecule has 0 aromatic heterocycles. The van der Waals surface area contributed by atoms with E-state index in [-0.39, 0.29) is 24.2 Å². The van der Waals surface area contributed by atoms with Gasteiger partial charge in [-0.2, -0.15) is 0 Å². The van der Waals surface area contributed by atoms with E-state index in [1.165, 1.54) is 6.07 Å². The minimum atomic E-state index is -1.30. The summed E-state index contributed by atoms with van der Waals surface area (Å²) in [7, 11) is 0. The highest BCUT2D eigenvalue weighted by molar-refractivity contribution is 6.30. The summed E-state index contributed by atoms with van der Waals surface area (Å²) in [5.41, 5.74) is 0.870. The van der Waals surface area contributed by atoms with E-state index in [2.05, 4.69) is 25.8 Å². The van der Waals surface area contributed by atoms with Gasteiger partial charge in [-0.1, -0.05) is 48.0 Å². The van der Waals surface area contributed by atoms with Gasteiger partial charge in [-0.3, -0.25) is 19.3 Å². The second-order valence-electron chi connectivity index (χ2n) is 18.6. The molecule has 66 heavy (non-hydrogen) atoms. The van der Waals surface area contributed by atoms with Crippen LogP contribution in [-0.2, 0) is 48.2 Å². The van der Waals surface area contributed by atoms with Crippen molar-refractivity contribution in [2.45, 2.75) is 111 Å². The Morgan fingerprint density at radius 2 is 1.48 bits per heavy atom. The topological polar surface area (TPSA) is 168 Å². The van der Waals surface area contributed by atoms with Gasteiger partial charge in [0.05, 0.1) is 13.0 Å². The summed E-state index contributed by atoms with van der Waals surface area (Å²) in [6.07, 6.45) is -0.233. The molecule has 0 bridgehead atoms. The molecule has 2 aliphatic rings. The molecule has 4 amide bonds. The lowest BCUT2D eigenvalue weighted by atomic mass is 9.88. The number of hydrogen-bond acceptors (Lipinski definition) is 11. The van der Waals surface area contributed by atoms with Crippen LogP contribution >= 0.6 is 11.6 Å². The highest BCUT2D eigenvalue weighted by Crippen LogP contribution is 2.28. The first-order valence-corrected chi connectivity index (χ1v) is 23.1. The van der Waals surface area contributed by atoms with Crippen LogP contribution in [0.3, 0.4) is 0 Å². The van der Waals surface area contributed by atoms with Crippen molar-refractivity contribution in [2.24, 2.45) is 5.92 Å². The van der Waals surface area contributed by atoms with Gasteiger partial charge in [-0.25, -0.2) is 14.0 Å². The molecule has 3 aromatic rings. The van der Waals surface area contributed by atoms with Gasteiger partial charge < -0.3 is 44.7 Å². The molecule has 2 saturated heterocycles. The largest absolute Gasteiger partial charge is 0.493 e. The normalized spacial score (nSPS) is 16.1. The van der Waals surface area contributed by atoms with Gasteiger partial charge in [-0.15, -0.1) is 0 Å². The highest BCUT2D eigenvalue weighted by Gasteiger charge is 2.37. The van der Waals surface area contributed by atoms with Gasteiger partial charge >= 0.3 is 18.2 Å². The van der Waals surface area contributed by atoms with E-state index in [1.54, 1.807) is 76.8 Å². The maximum atomic E-state index is 14.9. The number of alkyl carbamates (subject to hydrolysis) is 2. The predicted octanol–water partition coefficient (Wildman–Crippen LogP) is 7.34. The Hall–Kier alpha value is -5.45. The average molecular weight is 938 g/mol. The van der Waals surface area contributed by atoms with Crippen molar-refractivity contribution in [2.75, 3.05) is 57.7 Å². The number of carbonyl (C=O) groups excluding carboxylic acids is 5. The van der Waals surface area contributed by atoms with Gasteiger partial charge in [-0.05, 0) is 128 Å². The number of ether oxygens (including phenoxy) is 4. The molecule has 2 fully saturated rings. The van der Waals surface area contributed by atoms with Gasteiger partial charge in [0, 0.05) is 55.5 Å². The quantitative estimate of drug-likeness (QED) is 0.0916. The van der Waals surface area contributed by atoms with E-state index < -0.39 is 53.8 Å². The van der Waals surface area contributed by atoms with E-state index in [0.717, 1.165) is 11.1 Å². The van der Waals surface area contributed by atoms with Gasteiger partial charge in [0.1, 0.15) is 41.5 Å². The lowest BCUT2D eigenvalue weighted by Gasteiger charge is -2.40. The van der Waals surface area contributed by atoms with Crippen LogP contribution in [0.1, 0.15) is 84.4 Å². The molecule has 17 heteroatoms. The zero-order valence-electron chi connectivity index (χ0n) is 39.3. The van der Waals surface area contributed by atoms with Gasteiger partial charge in [0.25, 0.3) is 0 Å². The standard InChI is InChI=1S/C49H66ClFN6O9/c1-8-63-41-16-12-15-38(51)37(41)31-56-25-27-57(28-26-56)45(60)43(54-46(61)64-32-33-13-10-9-11-14-33)34-19-22-55(23-20-34)24-21-35-29-36(50)17-18-39(35)52-44(59)40(30-42(58)65-48(2,3)4)53-47(62)66-49(5,6)7/h9-18,29,34,40,43H,8,19-28,30-32H2,1-7H3,(H,52,59)(H,53,62)(H,54,61)/t40-,43+/m0/s1. The fraction of sp³-hybridized carbons (Fsp3) is 0.531. The zero-order valence-corrected chi connectivity index (χ0v) is 40.0. The van der Waals surface area contributed by atoms with Crippen LogP contribution in [0.25, 0.3) is 0 Å². The third kappa shape index (κ3) is 16.5. The van der Waals surface area contributed by atoms with E-state index in [1.807, 2.05) is 37.3 Å². The maximum absolute atomic E-state index is 14.9. The van der Waals surface area contributed by atoms with Crippen molar-refractivity contribution in [1.82, 2.24) is 25.3 Å². The van der Waals surface area contributed by atoms with Gasteiger partial charge in [0.2, 0.25) is 11.8 Å². The third-order valence-corrected chi connectivity index (χ3v) is 11.4. The SMILES string of the molecule is CCOc1cccc(F)c1CN1CCN(C(=O)[C@H](NC(=O)OCc2ccccc2)C2CCN(CCc3cc(Cl)ccc3NC(=O)[C@H](CC(=O)OC(C)(C)C)NC(=O)OC(C)(C)C)CC2)CC1. The molecule has 360 valence electrons. The molecule has 2 heterocycles. The van der Waals surface area contributed by atoms with Crippen molar-refractivity contribution >= 4 is 47.3 Å². The fourth-order valence-electron chi connectivity index (χ4n) is 7.91. The summed E-state index contributed by atoms with van der Waals surface area (Å²) in [4.78, 5) is 73.1. The van der Waals surface area contributed by atoms with Crippen molar-refractivity contribution < 1.29 is 47.3 Å². The summed E-state index contributed by atoms with van der Waals surface area (Å²) < 4.78 is 37.0. The van der Waals surface area contributed by atoms with Crippen LogP contribution in [0.5, 0.6) is 5.75 Å². The molecular weight excluding hydrogens is 871 g/mol. The number of amides is 4. The Kier molecular flexibility index (Phi) is 18.6. The number of likely N-dealkylation sites (tertiary alicyclic amines) is 1. The van der Waals surface area contributed by atoms with E-state index >= 15 is 0 Å². The van der Waals surface area contributed by atoms with Crippen LogP contribution in [0.15, 0.2) is 66.7 Å². The lowest BCUT2D eigenvalue weighted by Crippen LogP contribution is -2.58. The van der Waals surface area contributed by atoms with Crippen LogP contribution in [0.2, 0.25) is 5.02 Å². The molecule has 2 aliphatic heterocycles. The second-order valence-corrected chi connectivity index (χ2v) is 19.1. The molecule has 0 radical (unpaired) electrons. The van der Waals surface area contributed by atoms with Crippen molar-refractivity contribution in [3.63, 3.8) is 0 Å². The first kappa shape index (κ1) is 51.5. The number of nitrogens with zero attached hydrogens (tertiary/aromatic N) is 3. The summed E-state index contributed by atoms with van der Waals surface area (Å²) in [5, 5.41) is 8.79. The van der Waals surface area contributed by atoms with Crippen LogP contribution in [0.4, 0.5) is 19.7 Å². The smallest absolute Gasteiger partial charge is 0.408 e. The Morgan fingerprint density at radius 1 is 0.803 bits per heavy atom. The fourth-order valence-corrected chi connectivity index (χ4v) is 8.11. The molecule has 0 aliphatic carbocycles. The van der Waals surface area contributed by atoms with E-state index in [9.17, 15) is 28.4 Å². The van der Waals surface area contributed by atoms with E-state index in [4.69, 9.17) is 30.5 Å². The first-order chi connectivity index (χ1) is 31.3. The molecule has 0 unspecified atom stereocenters. The lowest BCUT2D eigenvalue weighted by molar-refractivity contribution is -0.156. The summed E-state index contributed by atoms with van der Waals surface area (Å²) in [6, 6.07) is 17.1. The van der Waals surface area contributed by atoms with Crippen LogP contribution < -0.4 is 20.7 Å². The zero-order chi connectivity index (χ0) is 48.0. The maximum Gasteiger partial charge on any atom is 0.408 e. The number of nitrogens with one attached hydrogen (secondary N) is 3. The molecule has 0 spiro atoms. The number of hydrogen-bond donors (Lipinski definition) is 3. The summed E-state index contributed by atoms with van der Waals surface area (Å²) >= 11 is 6.45. The van der Waals surface area contributed by atoms with Crippen molar-refractivity contribution in [1.29, 1.82) is 0 Å². The number of esters is 1. The summed E-state index contributed by atoms with van der Waals surface area (Å²) in [6.45, 7) is 16.6. The molecule has 3 aromatic carbocycles. The van der Waals surface area contributed by atoms with Gasteiger partial charge in [0.15, 0.2) is 0 Å². The van der Waals surface area contributed by atoms with Crippen LogP contribution in [-0.4, -0.2) is 120 Å². The summed E-state index contributed by atoms with van der Waals surface area (Å²) in [5.74, 6) is -1.49.